The van der Waals surface area contributed by atoms with Gasteiger partial charge in [0.25, 0.3) is 5.91 Å². The van der Waals surface area contributed by atoms with Crippen molar-refractivity contribution in [1.29, 1.82) is 0 Å². The number of nitrogens with two attached hydrogens (primary N) is 1. The molecule has 3 aromatic rings. The molecule has 0 radical (unpaired) electrons. The van der Waals surface area contributed by atoms with Gasteiger partial charge in [0, 0.05) is 24.7 Å². The van der Waals surface area contributed by atoms with Crippen LogP contribution in [0.15, 0.2) is 30.6 Å². The lowest BCUT2D eigenvalue weighted by molar-refractivity contribution is 0.0995. The fourth-order valence-electron chi connectivity index (χ4n) is 2.29. The zero-order valence-electron chi connectivity index (χ0n) is 14.8. The Kier molecular flexibility index (Phi) is 6.09. The molecule has 2 aromatic heterocycles. The molecule has 0 aliphatic carbocycles. The van der Waals surface area contributed by atoms with Gasteiger partial charge in [0.05, 0.1) is 22.9 Å². The van der Waals surface area contributed by atoms with Crippen molar-refractivity contribution >= 4 is 28.5 Å². The molecule has 25 heavy (non-hydrogen) atoms. The van der Waals surface area contributed by atoms with Crippen LogP contribution in [0.2, 0.25) is 5.02 Å². The summed E-state index contributed by atoms with van der Waals surface area (Å²) in [7, 11) is 2.06. The lowest BCUT2D eigenvalue weighted by Gasteiger charge is -2.04. The van der Waals surface area contributed by atoms with E-state index in [1.165, 1.54) is 12.4 Å². The fraction of sp³-hybridized carbons (Fsp3) is 0.333. The molecule has 0 atom stereocenters. The summed E-state index contributed by atoms with van der Waals surface area (Å²) in [5.41, 5.74) is 8.03. The average molecular weight is 360 g/mol. The number of hydrogen-bond donors (Lipinski definition) is 1. The van der Waals surface area contributed by atoms with Crippen LogP contribution in [0.1, 0.15) is 35.9 Å². The summed E-state index contributed by atoms with van der Waals surface area (Å²) in [4.78, 5) is 22.6. The molecule has 0 bridgehead atoms. The number of amides is 1. The highest BCUT2D eigenvalue weighted by atomic mass is 35.5. The number of imidazole rings is 1. The number of nitrogens with zero attached hydrogens (tertiary/aromatic N) is 4. The third-order valence-electron chi connectivity index (χ3n) is 3.56. The number of benzene rings is 1. The summed E-state index contributed by atoms with van der Waals surface area (Å²) in [5, 5.41) is 0.747. The molecule has 6 nitrogen and oxygen atoms in total. The molecule has 1 amide bonds. The van der Waals surface area contributed by atoms with Crippen LogP contribution < -0.4 is 5.73 Å². The van der Waals surface area contributed by atoms with E-state index in [9.17, 15) is 4.79 Å². The quantitative estimate of drug-likeness (QED) is 0.777. The van der Waals surface area contributed by atoms with Gasteiger partial charge in [0.15, 0.2) is 0 Å². The van der Waals surface area contributed by atoms with E-state index in [1.807, 2.05) is 18.2 Å². The zero-order chi connectivity index (χ0) is 18.6. The number of primary amides is 1. The molecule has 0 aliphatic rings. The van der Waals surface area contributed by atoms with E-state index < -0.39 is 5.91 Å². The largest absolute Gasteiger partial charge is 0.364 e. The first-order chi connectivity index (χ1) is 11.8. The molecular weight excluding hydrogens is 338 g/mol. The van der Waals surface area contributed by atoms with Crippen molar-refractivity contribution in [3.8, 4) is 0 Å². The Bertz CT molecular complexity index is 871. The minimum absolute atomic E-state index is 0.200. The second-order valence-corrected chi connectivity index (χ2v) is 6.66. The molecule has 2 N–H and O–H groups in total. The van der Waals surface area contributed by atoms with Crippen LogP contribution >= 0.6 is 11.6 Å². The number of rotatable bonds is 3. The highest BCUT2D eigenvalue weighted by Gasteiger charge is 2.09. The molecule has 7 heteroatoms. The van der Waals surface area contributed by atoms with Gasteiger partial charge in [-0.3, -0.25) is 9.78 Å². The molecule has 132 valence electrons. The monoisotopic (exact) mass is 359 g/mol. The van der Waals surface area contributed by atoms with Crippen LogP contribution in [0.4, 0.5) is 0 Å². The number of fused-ring (bicyclic) bond motifs is 1. The second kappa shape index (κ2) is 8.07. The standard InChI is InChI=1S/C12H15ClN2.C6H7N3O/c1-8(2)6-12-14-10-7-9(13)4-5-11(10)15(12)3;1-4-2-9-5(3-8-4)6(7)10/h4-5,7-8H,6H2,1-3H3;2-3H,1H3,(H2,7,10). The van der Waals surface area contributed by atoms with E-state index in [4.69, 9.17) is 17.3 Å². The maximum atomic E-state index is 10.4. The third kappa shape index (κ3) is 5.00. The number of aromatic nitrogens is 4. The number of carbonyl (C=O) groups is 1. The Morgan fingerprint density at radius 2 is 2.00 bits per heavy atom. The van der Waals surface area contributed by atoms with Gasteiger partial charge in [-0.25, -0.2) is 9.97 Å². The van der Waals surface area contributed by atoms with Crippen LogP contribution in [-0.4, -0.2) is 25.4 Å². The maximum Gasteiger partial charge on any atom is 0.268 e. The second-order valence-electron chi connectivity index (χ2n) is 6.23. The van der Waals surface area contributed by atoms with Crippen molar-refractivity contribution < 1.29 is 4.79 Å². The smallest absolute Gasteiger partial charge is 0.268 e. The van der Waals surface area contributed by atoms with Crippen LogP contribution in [0.25, 0.3) is 11.0 Å². The Morgan fingerprint density at radius 1 is 1.28 bits per heavy atom. The van der Waals surface area contributed by atoms with E-state index in [0.29, 0.717) is 5.92 Å². The van der Waals surface area contributed by atoms with Crippen LogP contribution in [0, 0.1) is 12.8 Å². The minimum Gasteiger partial charge on any atom is -0.364 e. The lowest BCUT2D eigenvalue weighted by atomic mass is 10.1. The molecule has 2 heterocycles. The van der Waals surface area contributed by atoms with Gasteiger partial charge >= 0.3 is 0 Å². The van der Waals surface area contributed by atoms with Gasteiger partial charge < -0.3 is 10.3 Å². The topological polar surface area (TPSA) is 86.7 Å². The first kappa shape index (κ1) is 18.9. The molecule has 0 aliphatic heterocycles. The normalized spacial score (nSPS) is 10.6. The van der Waals surface area contributed by atoms with E-state index in [1.54, 1.807) is 6.92 Å². The fourth-order valence-corrected chi connectivity index (χ4v) is 2.46. The molecular formula is C18H22ClN5O. The first-order valence-electron chi connectivity index (χ1n) is 7.97. The number of aryl methyl sites for hydroxylation is 2. The van der Waals surface area contributed by atoms with E-state index in [2.05, 4.69) is 40.4 Å². The van der Waals surface area contributed by atoms with Gasteiger partial charge in [-0.05, 0) is 31.0 Å². The van der Waals surface area contributed by atoms with Crippen LogP contribution in [0.3, 0.4) is 0 Å². The molecule has 0 saturated carbocycles. The lowest BCUT2D eigenvalue weighted by Crippen LogP contribution is -2.13. The summed E-state index contributed by atoms with van der Waals surface area (Å²) in [6.07, 6.45) is 3.86. The Balaban J connectivity index is 0.000000196. The Hall–Kier alpha value is -2.47. The number of halogens is 1. The van der Waals surface area contributed by atoms with Crippen LogP contribution in [0.5, 0.6) is 0 Å². The van der Waals surface area contributed by atoms with Crippen molar-refractivity contribution in [2.75, 3.05) is 0 Å². The SMILES string of the molecule is CC(C)Cc1nc2cc(Cl)ccc2n1C.Cc1cnc(C(N)=O)cn1. The maximum absolute atomic E-state index is 10.4. The molecule has 0 fully saturated rings. The highest BCUT2D eigenvalue weighted by molar-refractivity contribution is 6.31. The van der Waals surface area contributed by atoms with Crippen molar-refractivity contribution in [3.63, 3.8) is 0 Å². The summed E-state index contributed by atoms with van der Waals surface area (Å²) in [6, 6.07) is 5.85. The van der Waals surface area contributed by atoms with Crippen LogP contribution in [-0.2, 0) is 13.5 Å². The highest BCUT2D eigenvalue weighted by Crippen LogP contribution is 2.20. The van der Waals surface area contributed by atoms with Gasteiger partial charge in [0.2, 0.25) is 0 Å². The number of carbonyl (C=O) groups excluding carboxylic acids is 1. The van der Waals surface area contributed by atoms with Crippen molar-refractivity contribution in [3.05, 3.63) is 52.8 Å². The van der Waals surface area contributed by atoms with Gasteiger partial charge in [0.1, 0.15) is 11.5 Å². The van der Waals surface area contributed by atoms with E-state index >= 15 is 0 Å². The Morgan fingerprint density at radius 3 is 2.56 bits per heavy atom. The minimum atomic E-state index is -0.549. The first-order valence-corrected chi connectivity index (χ1v) is 8.35. The van der Waals surface area contributed by atoms with E-state index in [-0.39, 0.29) is 5.69 Å². The summed E-state index contributed by atoms with van der Waals surface area (Å²) in [5.74, 6) is 1.20. The van der Waals surface area contributed by atoms with Crippen molar-refractivity contribution in [2.24, 2.45) is 18.7 Å². The summed E-state index contributed by atoms with van der Waals surface area (Å²) in [6.45, 7) is 6.19. The zero-order valence-corrected chi connectivity index (χ0v) is 15.6. The molecule has 0 unspecified atom stereocenters. The predicted molar refractivity (Wildman–Crippen MR) is 99.6 cm³/mol. The van der Waals surface area contributed by atoms with Gasteiger partial charge in [-0.2, -0.15) is 0 Å². The van der Waals surface area contributed by atoms with Gasteiger partial charge in [-0.15, -0.1) is 0 Å². The number of hydrogen-bond acceptors (Lipinski definition) is 4. The molecule has 0 spiro atoms. The van der Waals surface area contributed by atoms with Crippen molar-refractivity contribution in [1.82, 2.24) is 19.5 Å². The summed E-state index contributed by atoms with van der Waals surface area (Å²) < 4.78 is 2.14. The summed E-state index contributed by atoms with van der Waals surface area (Å²) >= 11 is 5.94. The average Bonchev–Trinajstić information content (AvgIpc) is 2.83. The van der Waals surface area contributed by atoms with Gasteiger partial charge in [-0.1, -0.05) is 25.4 Å². The van der Waals surface area contributed by atoms with Crippen molar-refractivity contribution in [2.45, 2.75) is 27.2 Å². The molecule has 3 rings (SSSR count). The Labute approximate surface area is 152 Å². The predicted octanol–water partition coefficient (Wildman–Crippen LogP) is 3.31. The van der Waals surface area contributed by atoms with E-state index in [0.717, 1.165) is 34.0 Å². The molecule has 0 saturated heterocycles. The third-order valence-corrected chi connectivity index (χ3v) is 3.79. The molecule has 1 aromatic carbocycles.